The lowest BCUT2D eigenvalue weighted by molar-refractivity contribution is 0.0697. The molecule has 0 unspecified atom stereocenters. The Morgan fingerprint density at radius 2 is 1.96 bits per heavy atom. The van der Waals surface area contributed by atoms with Crippen LogP contribution in [0.3, 0.4) is 0 Å². The number of thioether (sulfide) groups is 1. The second kappa shape index (κ2) is 8.92. The third-order valence-electron chi connectivity index (χ3n) is 3.91. The first kappa shape index (κ1) is 19.3. The second-order valence-corrected chi connectivity index (χ2v) is 7.39. The van der Waals surface area contributed by atoms with Gasteiger partial charge in [0.1, 0.15) is 0 Å². The van der Waals surface area contributed by atoms with Gasteiger partial charge in [0.15, 0.2) is 5.17 Å². The van der Waals surface area contributed by atoms with E-state index >= 15 is 0 Å². The maximum atomic E-state index is 11.1. The number of aliphatic imine (C=N–C) groups is 1. The van der Waals surface area contributed by atoms with Gasteiger partial charge in [-0.25, -0.2) is 4.79 Å². The molecule has 0 atom stereocenters. The van der Waals surface area contributed by atoms with Crippen molar-refractivity contribution in [2.75, 3.05) is 23.0 Å². The smallest absolute Gasteiger partial charge is 0.335 e. The lowest BCUT2D eigenvalue weighted by atomic mass is 10.1. The monoisotopic (exact) mass is 402 g/mol. The lowest BCUT2D eigenvalue weighted by Crippen LogP contribution is -2.13. The number of amidine groups is 1. The molecular formula is C19H19ClN4O2S. The van der Waals surface area contributed by atoms with Crippen LogP contribution < -0.4 is 10.7 Å². The summed E-state index contributed by atoms with van der Waals surface area (Å²) in [5.74, 6) is 0.0757. The predicted octanol–water partition coefficient (Wildman–Crippen LogP) is 4.78. The molecule has 0 radical (unpaired) electrons. The van der Waals surface area contributed by atoms with E-state index in [2.05, 4.69) is 20.8 Å². The van der Waals surface area contributed by atoms with Crippen LogP contribution in [0.2, 0.25) is 5.02 Å². The van der Waals surface area contributed by atoms with Crippen LogP contribution in [0, 0.1) is 0 Å². The fourth-order valence-corrected chi connectivity index (χ4v) is 3.41. The molecule has 3 rings (SSSR count). The number of aromatic carboxylic acids is 1. The summed E-state index contributed by atoms with van der Waals surface area (Å²) >= 11 is 7.83. The number of halogens is 1. The van der Waals surface area contributed by atoms with E-state index in [1.165, 1.54) is 18.2 Å². The minimum Gasteiger partial charge on any atom is -0.478 e. The van der Waals surface area contributed by atoms with E-state index in [9.17, 15) is 4.79 Å². The van der Waals surface area contributed by atoms with Crippen molar-refractivity contribution in [1.82, 2.24) is 0 Å². The Bertz CT molecular complexity index is 897. The van der Waals surface area contributed by atoms with Crippen LogP contribution in [0.15, 0.2) is 52.6 Å². The number of carboxylic acid groups (broad SMARTS) is 1. The van der Waals surface area contributed by atoms with Crippen LogP contribution in [0.5, 0.6) is 0 Å². The third-order valence-corrected chi connectivity index (χ3v) is 5.23. The van der Waals surface area contributed by atoms with Crippen LogP contribution in [0.4, 0.5) is 11.4 Å². The highest BCUT2D eigenvalue weighted by Gasteiger charge is 2.08. The average molecular weight is 403 g/mol. The first-order valence-corrected chi connectivity index (χ1v) is 9.77. The molecule has 0 aliphatic carbocycles. The zero-order valence-electron chi connectivity index (χ0n) is 14.7. The number of anilines is 2. The number of nitrogens with zero attached hydrogens (tertiary/aromatic N) is 2. The first-order chi connectivity index (χ1) is 13.0. The molecule has 8 heteroatoms. The molecule has 0 aromatic heterocycles. The quantitative estimate of drug-likeness (QED) is 0.495. The maximum absolute atomic E-state index is 11.1. The van der Waals surface area contributed by atoms with Crippen LogP contribution in [-0.4, -0.2) is 34.3 Å². The molecule has 0 fully saturated rings. The third kappa shape index (κ3) is 5.24. The number of hydrazone groups is 1. The van der Waals surface area contributed by atoms with E-state index in [0.29, 0.717) is 10.7 Å². The molecule has 140 valence electrons. The van der Waals surface area contributed by atoms with Crippen molar-refractivity contribution in [3.05, 3.63) is 58.6 Å². The molecule has 0 spiro atoms. The lowest BCUT2D eigenvalue weighted by Gasteiger charge is -2.13. The SMILES string of the molecule is C/C(=N/Nc1cc(C(=O)O)ccc1Cl)c1ccc(NC2=NCCCS2)cc1. The van der Waals surface area contributed by atoms with Gasteiger partial charge in [-0.05, 0) is 49.2 Å². The first-order valence-electron chi connectivity index (χ1n) is 8.41. The molecule has 2 aromatic carbocycles. The highest BCUT2D eigenvalue weighted by atomic mass is 35.5. The molecule has 3 N–H and O–H groups in total. The van der Waals surface area contributed by atoms with Gasteiger partial charge in [-0.3, -0.25) is 10.4 Å². The molecule has 27 heavy (non-hydrogen) atoms. The van der Waals surface area contributed by atoms with Gasteiger partial charge in [0.05, 0.1) is 22.0 Å². The molecule has 0 amide bonds. The Kier molecular flexibility index (Phi) is 6.36. The maximum Gasteiger partial charge on any atom is 0.335 e. The number of benzene rings is 2. The summed E-state index contributed by atoms with van der Waals surface area (Å²) < 4.78 is 0. The normalized spacial score (nSPS) is 14.4. The summed E-state index contributed by atoms with van der Waals surface area (Å²) in [6, 6.07) is 12.3. The molecule has 0 saturated heterocycles. The van der Waals surface area contributed by atoms with Crippen molar-refractivity contribution in [2.45, 2.75) is 13.3 Å². The van der Waals surface area contributed by atoms with Gasteiger partial charge in [0, 0.05) is 18.0 Å². The van der Waals surface area contributed by atoms with Crippen LogP contribution in [0.1, 0.15) is 29.3 Å². The minimum absolute atomic E-state index is 0.147. The second-order valence-electron chi connectivity index (χ2n) is 5.90. The van der Waals surface area contributed by atoms with Gasteiger partial charge < -0.3 is 10.4 Å². The van der Waals surface area contributed by atoms with Gasteiger partial charge >= 0.3 is 5.97 Å². The number of rotatable bonds is 5. The summed E-state index contributed by atoms with van der Waals surface area (Å²) in [6.45, 7) is 2.74. The van der Waals surface area contributed by atoms with Crippen molar-refractivity contribution >= 4 is 51.6 Å². The Labute approximate surface area is 166 Å². The summed E-state index contributed by atoms with van der Waals surface area (Å²) in [5.41, 5.74) is 6.10. The van der Waals surface area contributed by atoms with Crippen molar-refractivity contribution in [2.24, 2.45) is 10.1 Å². The molecule has 0 saturated carbocycles. The highest BCUT2D eigenvalue weighted by molar-refractivity contribution is 8.14. The van der Waals surface area contributed by atoms with E-state index in [-0.39, 0.29) is 5.56 Å². The molecule has 1 heterocycles. The van der Waals surface area contributed by atoms with Gasteiger partial charge in [-0.15, -0.1) is 0 Å². The summed E-state index contributed by atoms with van der Waals surface area (Å²) in [7, 11) is 0. The molecular weight excluding hydrogens is 384 g/mol. The number of carbonyl (C=O) groups is 1. The van der Waals surface area contributed by atoms with Gasteiger partial charge in [0.25, 0.3) is 0 Å². The molecule has 0 bridgehead atoms. The van der Waals surface area contributed by atoms with Crippen molar-refractivity contribution in [1.29, 1.82) is 0 Å². The zero-order valence-corrected chi connectivity index (χ0v) is 16.3. The Morgan fingerprint density at radius 1 is 1.22 bits per heavy atom. The Hall–Kier alpha value is -2.51. The highest BCUT2D eigenvalue weighted by Crippen LogP contribution is 2.23. The van der Waals surface area contributed by atoms with E-state index in [1.54, 1.807) is 11.8 Å². The fraction of sp³-hybridized carbons (Fsp3) is 0.211. The molecule has 2 aromatic rings. The van der Waals surface area contributed by atoms with Crippen LogP contribution >= 0.6 is 23.4 Å². The van der Waals surface area contributed by atoms with E-state index in [4.69, 9.17) is 16.7 Å². The molecule has 1 aliphatic heterocycles. The van der Waals surface area contributed by atoms with Crippen molar-refractivity contribution in [3.8, 4) is 0 Å². The number of hydrogen-bond donors (Lipinski definition) is 3. The zero-order chi connectivity index (χ0) is 19.2. The Morgan fingerprint density at radius 3 is 2.63 bits per heavy atom. The largest absolute Gasteiger partial charge is 0.478 e. The van der Waals surface area contributed by atoms with E-state index in [0.717, 1.165) is 40.8 Å². The molecule has 1 aliphatic rings. The molecule has 6 nitrogen and oxygen atoms in total. The fourth-order valence-electron chi connectivity index (χ4n) is 2.41. The predicted molar refractivity (Wildman–Crippen MR) is 114 cm³/mol. The number of hydrogen-bond acceptors (Lipinski definition) is 6. The number of carboxylic acids is 1. The van der Waals surface area contributed by atoms with Gasteiger partial charge in [0.2, 0.25) is 0 Å². The standard InChI is InChI=1S/C19H19ClN4O2S/c1-12(23-24-17-11-14(18(25)26)5-8-16(17)20)13-3-6-15(7-4-13)22-19-21-9-2-10-27-19/h3-8,11,24H,2,9-10H2,1H3,(H,21,22)(H,25,26)/b23-12-. The van der Waals surface area contributed by atoms with Crippen LogP contribution in [-0.2, 0) is 0 Å². The topological polar surface area (TPSA) is 86.1 Å². The van der Waals surface area contributed by atoms with Crippen LogP contribution in [0.25, 0.3) is 0 Å². The van der Waals surface area contributed by atoms with Gasteiger partial charge in [-0.2, -0.15) is 5.10 Å². The van der Waals surface area contributed by atoms with Gasteiger partial charge in [-0.1, -0.05) is 35.5 Å². The summed E-state index contributed by atoms with van der Waals surface area (Å²) in [4.78, 5) is 15.5. The summed E-state index contributed by atoms with van der Waals surface area (Å²) in [5, 5.41) is 18.1. The minimum atomic E-state index is -1.01. The Balaban J connectivity index is 1.68. The average Bonchev–Trinajstić information content (AvgIpc) is 2.68. The van der Waals surface area contributed by atoms with Crippen molar-refractivity contribution < 1.29 is 9.90 Å². The van der Waals surface area contributed by atoms with E-state index in [1.807, 2.05) is 31.2 Å². The number of nitrogens with one attached hydrogen (secondary N) is 2. The van der Waals surface area contributed by atoms with E-state index < -0.39 is 5.97 Å². The van der Waals surface area contributed by atoms with Crippen molar-refractivity contribution in [3.63, 3.8) is 0 Å². The summed E-state index contributed by atoms with van der Waals surface area (Å²) in [6.07, 6.45) is 1.12.